The van der Waals surface area contributed by atoms with Crippen LogP contribution in [0.4, 0.5) is 10.5 Å². The summed E-state index contributed by atoms with van der Waals surface area (Å²) < 4.78 is 12.0. The Bertz CT molecular complexity index is 846. The Labute approximate surface area is 168 Å². The van der Waals surface area contributed by atoms with Crippen molar-refractivity contribution in [2.75, 3.05) is 19.5 Å². The Kier molecular flexibility index (Phi) is 6.66. The molecule has 6 nitrogen and oxygen atoms in total. The lowest BCUT2D eigenvalue weighted by molar-refractivity contribution is 0.0961. The fourth-order valence-corrected chi connectivity index (χ4v) is 3.72. The van der Waals surface area contributed by atoms with E-state index < -0.39 is 11.9 Å². The molecule has 26 heavy (non-hydrogen) atoms. The number of nitrogens with one attached hydrogen (secondary N) is 2. The number of hydrogen-bond acceptors (Lipinski definition) is 4. The molecule has 0 spiro atoms. The van der Waals surface area contributed by atoms with Crippen LogP contribution in [-0.4, -0.2) is 26.2 Å². The number of halogens is 2. The van der Waals surface area contributed by atoms with E-state index >= 15 is 0 Å². The van der Waals surface area contributed by atoms with Gasteiger partial charge in [0.1, 0.15) is 17.1 Å². The number of amides is 3. The Morgan fingerprint density at radius 2 is 1.62 bits per heavy atom. The van der Waals surface area contributed by atoms with Crippen LogP contribution < -0.4 is 20.1 Å². The van der Waals surface area contributed by atoms with E-state index in [1.165, 1.54) is 14.2 Å². The number of methoxy groups -OCH3 is 2. The highest BCUT2D eigenvalue weighted by Crippen LogP contribution is 2.35. The number of carbonyl (C=O) groups excluding carboxylic acids is 2. The number of imide groups is 1. The topological polar surface area (TPSA) is 76.7 Å². The van der Waals surface area contributed by atoms with E-state index in [2.05, 4.69) is 42.5 Å². The van der Waals surface area contributed by atoms with Gasteiger partial charge in [0.25, 0.3) is 5.91 Å². The fraction of sp³-hybridized carbons (Fsp3) is 0.222. The number of anilines is 1. The van der Waals surface area contributed by atoms with E-state index in [1.54, 1.807) is 12.1 Å². The molecule has 138 valence electrons. The molecule has 0 aromatic heterocycles. The first kappa shape index (κ1) is 20.3. The second-order valence-electron chi connectivity index (χ2n) is 5.48. The maximum absolute atomic E-state index is 12.6. The molecule has 8 heteroatoms. The van der Waals surface area contributed by atoms with Gasteiger partial charge < -0.3 is 14.8 Å². The monoisotopic (exact) mass is 484 g/mol. The maximum Gasteiger partial charge on any atom is 0.326 e. The molecule has 2 N–H and O–H groups in total. The summed E-state index contributed by atoms with van der Waals surface area (Å²) in [5.74, 6) is -0.0538. The van der Waals surface area contributed by atoms with Gasteiger partial charge in [-0.1, -0.05) is 15.9 Å². The average Bonchev–Trinajstić information content (AvgIpc) is 2.57. The molecule has 0 unspecified atom stereocenters. The highest BCUT2D eigenvalue weighted by atomic mass is 79.9. The first-order valence-corrected chi connectivity index (χ1v) is 9.16. The molecule has 0 aliphatic rings. The predicted octanol–water partition coefficient (Wildman–Crippen LogP) is 4.81. The number of ether oxygens (including phenoxy) is 2. The van der Waals surface area contributed by atoms with Gasteiger partial charge in [0.2, 0.25) is 0 Å². The van der Waals surface area contributed by atoms with Gasteiger partial charge in [-0.15, -0.1) is 0 Å². The van der Waals surface area contributed by atoms with Gasteiger partial charge in [0, 0.05) is 10.2 Å². The quantitative estimate of drug-likeness (QED) is 0.651. The molecule has 0 fully saturated rings. The van der Waals surface area contributed by atoms with Gasteiger partial charge in [-0.05, 0) is 65.2 Å². The lowest BCUT2D eigenvalue weighted by atomic mass is 10.1. The molecule has 2 rings (SSSR count). The number of hydrogen-bond donors (Lipinski definition) is 2. The average molecular weight is 486 g/mol. The molecule has 0 radical (unpaired) electrons. The lowest BCUT2D eigenvalue weighted by Crippen LogP contribution is -2.35. The molecule has 0 atom stereocenters. The van der Waals surface area contributed by atoms with Crippen LogP contribution in [0.2, 0.25) is 0 Å². The van der Waals surface area contributed by atoms with Crippen LogP contribution in [-0.2, 0) is 0 Å². The summed E-state index contributed by atoms with van der Waals surface area (Å²) in [6.45, 7) is 3.74. The lowest BCUT2D eigenvalue weighted by Gasteiger charge is -2.15. The summed E-state index contributed by atoms with van der Waals surface area (Å²) in [7, 11) is 2.87. The van der Waals surface area contributed by atoms with Crippen molar-refractivity contribution in [3.8, 4) is 11.5 Å². The minimum atomic E-state index is -0.646. The number of aryl methyl sites for hydroxylation is 2. The van der Waals surface area contributed by atoms with Crippen LogP contribution in [0, 0.1) is 13.8 Å². The minimum absolute atomic E-state index is 0.128. The Balaban J connectivity index is 2.26. The summed E-state index contributed by atoms with van der Waals surface area (Å²) in [6, 6.07) is 6.42. The van der Waals surface area contributed by atoms with Crippen LogP contribution in [0.15, 0.2) is 33.2 Å². The molecule has 0 aliphatic carbocycles. The van der Waals surface area contributed by atoms with E-state index in [0.717, 1.165) is 15.6 Å². The molecule has 3 amide bonds. The maximum atomic E-state index is 12.6. The molecule has 0 saturated carbocycles. The highest BCUT2D eigenvalue weighted by molar-refractivity contribution is 9.10. The van der Waals surface area contributed by atoms with Gasteiger partial charge in [-0.3, -0.25) is 10.1 Å². The Morgan fingerprint density at radius 3 is 2.15 bits per heavy atom. The molecular formula is C18H18Br2N2O4. The molecule has 2 aromatic carbocycles. The van der Waals surface area contributed by atoms with Crippen molar-refractivity contribution in [1.29, 1.82) is 0 Å². The SMILES string of the molecule is COc1ccc(Br)c(OC)c1C(=O)NC(=O)Nc1c(C)cc(Br)cc1C. The van der Waals surface area contributed by atoms with Crippen LogP contribution in [0.25, 0.3) is 0 Å². The van der Waals surface area contributed by atoms with Gasteiger partial charge >= 0.3 is 6.03 Å². The molecule has 2 aromatic rings. The van der Waals surface area contributed by atoms with Crippen molar-refractivity contribution in [1.82, 2.24) is 5.32 Å². The van der Waals surface area contributed by atoms with Crippen molar-refractivity contribution in [2.45, 2.75) is 13.8 Å². The Morgan fingerprint density at radius 1 is 1.00 bits per heavy atom. The highest BCUT2D eigenvalue weighted by Gasteiger charge is 2.23. The third kappa shape index (κ3) is 4.37. The minimum Gasteiger partial charge on any atom is -0.496 e. The van der Waals surface area contributed by atoms with Crippen LogP contribution in [0.1, 0.15) is 21.5 Å². The standard InChI is InChI=1S/C18H18Br2N2O4/c1-9-7-11(19)8-10(2)15(9)21-18(24)22-17(23)14-13(25-3)6-5-12(20)16(14)26-4/h5-8H,1-4H3,(H2,21,22,23,24). The molecule has 0 saturated heterocycles. The predicted molar refractivity (Wildman–Crippen MR) is 107 cm³/mol. The van der Waals surface area contributed by atoms with E-state index in [-0.39, 0.29) is 11.3 Å². The largest absolute Gasteiger partial charge is 0.496 e. The smallest absolute Gasteiger partial charge is 0.326 e. The fourth-order valence-electron chi connectivity index (χ4n) is 2.54. The first-order valence-electron chi connectivity index (χ1n) is 7.58. The summed E-state index contributed by atoms with van der Waals surface area (Å²) in [6.07, 6.45) is 0. The second-order valence-corrected chi connectivity index (χ2v) is 7.25. The zero-order valence-corrected chi connectivity index (χ0v) is 17.9. The first-order chi connectivity index (χ1) is 12.3. The van der Waals surface area contributed by atoms with Gasteiger partial charge in [-0.2, -0.15) is 0 Å². The number of urea groups is 1. The Hall–Kier alpha value is -2.06. The molecule has 0 bridgehead atoms. The van der Waals surface area contributed by atoms with Gasteiger partial charge in [0.05, 0.1) is 18.7 Å². The van der Waals surface area contributed by atoms with Crippen LogP contribution in [0.5, 0.6) is 11.5 Å². The second kappa shape index (κ2) is 8.55. The summed E-state index contributed by atoms with van der Waals surface area (Å²) in [5, 5.41) is 5.02. The van der Waals surface area contributed by atoms with E-state index in [4.69, 9.17) is 9.47 Å². The number of benzene rings is 2. The van der Waals surface area contributed by atoms with Crippen molar-refractivity contribution >= 4 is 49.5 Å². The van der Waals surface area contributed by atoms with Crippen molar-refractivity contribution < 1.29 is 19.1 Å². The van der Waals surface area contributed by atoms with Crippen LogP contribution >= 0.6 is 31.9 Å². The van der Waals surface area contributed by atoms with Crippen molar-refractivity contribution in [3.05, 3.63) is 49.9 Å². The van der Waals surface area contributed by atoms with Crippen LogP contribution in [0.3, 0.4) is 0 Å². The summed E-state index contributed by atoms with van der Waals surface area (Å²) in [4.78, 5) is 24.9. The summed E-state index contributed by atoms with van der Waals surface area (Å²) in [5.41, 5.74) is 2.52. The molecule has 0 aliphatic heterocycles. The normalized spacial score (nSPS) is 10.2. The van der Waals surface area contributed by atoms with E-state index in [1.807, 2.05) is 26.0 Å². The van der Waals surface area contributed by atoms with E-state index in [0.29, 0.717) is 15.9 Å². The van der Waals surface area contributed by atoms with E-state index in [9.17, 15) is 9.59 Å². The third-order valence-electron chi connectivity index (χ3n) is 3.69. The zero-order chi connectivity index (χ0) is 19.4. The van der Waals surface area contributed by atoms with Gasteiger partial charge in [-0.25, -0.2) is 4.79 Å². The number of rotatable bonds is 4. The van der Waals surface area contributed by atoms with Crippen molar-refractivity contribution in [3.63, 3.8) is 0 Å². The number of carbonyl (C=O) groups is 2. The zero-order valence-electron chi connectivity index (χ0n) is 14.7. The van der Waals surface area contributed by atoms with Crippen molar-refractivity contribution in [2.24, 2.45) is 0 Å². The third-order valence-corrected chi connectivity index (χ3v) is 4.77. The molecular weight excluding hydrogens is 468 g/mol. The summed E-state index contributed by atoms with van der Waals surface area (Å²) >= 11 is 6.73. The van der Waals surface area contributed by atoms with Gasteiger partial charge in [0.15, 0.2) is 0 Å². The molecule has 0 heterocycles.